The van der Waals surface area contributed by atoms with Gasteiger partial charge in [-0.25, -0.2) is 0 Å². The second-order valence-corrected chi connectivity index (χ2v) is 19.8. The molecule has 0 fully saturated rings. The molecule has 0 saturated carbocycles. The van der Waals surface area contributed by atoms with Gasteiger partial charge in [0.1, 0.15) is 13.2 Å². The molecule has 1 atom stereocenters. The summed E-state index contributed by atoms with van der Waals surface area (Å²) in [5.74, 6) is 0.829. The summed E-state index contributed by atoms with van der Waals surface area (Å²) < 4.78 is 16.8. The molecule has 0 aromatic heterocycles. The van der Waals surface area contributed by atoms with Crippen molar-refractivity contribution in [1.29, 1.82) is 0 Å². The van der Waals surface area contributed by atoms with Crippen molar-refractivity contribution in [2.45, 2.75) is 310 Å². The Balaban J connectivity index is 4.27. The lowest BCUT2D eigenvalue weighted by Gasteiger charge is -2.18. The number of ether oxygens (including phenoxy) is 3. The Labute approximate surface area is 380 Å². The van der Waals surface area contributed by atoms with Gasteiger partial charge in [0.2, 0.25) is 0 Å². The minimum absolute atomic E-state index is 0.0632. The molecule has 0 saturated heterocycles. The van der Waals surface area contributed by atoms with Crippen LogP contribution in [0.4, 0.5) is 0 Å². The molecule has 0 bridgehead atoms. The van der Waals surface area contributed by atoms with E-state index in [9.17, 15) is 14.4 Å². The van der Waals surface area contributed by atoms with Crippen molar-refractivity contribution < 1.29 is 28.6 Å². The Bertz CT molecular complexity index is 931. The van der Waals surface area contributed by atoms with E-state index >= 15 is 0 Å². The van der Waals surface area contributed by atoms with E-state index in [1.807, 2.05) is 0 Å². The smallest absolute Gasteiger partial charge is 0.306 e. The number of esters is 3. The van der Waals surface area contributed by atoms with E-state index < -0.39 is 6.10 Å². The summed E-state index contributed by atoms with van der Waals surface area (Å²) in [5, 5.41) is 0. The third kappa shape index (κ3) is 49.3. The van der Waals surface area contributed by atoms with Crippen LogP contribution < -0.4 is 0 Å². The van der Waals surface area contributed by atoms with Crippen LogP contribution in [-0.4, -0.2) is 37.2 Å². The van der Waals surface area contributed by atoms with Crippen molar-refractivity contribution in [3.8, 4) is 0 Å². The summed E-state index contributed by atoms with van der Waals surface area (Å²) in [4.78, 5) is 38.0. The van der Waals surface area contributed by atoms with Crippen LogP contribution in [0.25, 0.3) is 0 Å². The quantitative estimate of drug-likeness (QED) is 0.0344. The van der Waals surface area contributed by atoms with Crippen LogP contribution in [0.2, 0.25) is 0 Å². The maximum absolute atomic E-state index is 12.8. The Morgan fingerprint density at radius 2 is 0.541 bits per heavy atom. The Hall–Kier alpha value is -1.59. The average Bonchev–Trinajstić information content (AvgIpc) is 3.23. The Kier molecular flexibility index (Phi) is 46.6. The van der Waals surface area contributed by atoms with Crippen molar-refractivity contribution in [3.05, 3.63) is 0 Å². The van der Waals surface area contributed by atoms with Crippen molar-refractivity contribution in [3.63, 3.8) is 0 Å². The summed E-state index contributed by atoms with van der Waals surface area (Å²) >= 11 is 0. The van der Waals surface area contributed by atoms with Gasteiger partial charge in [-0.15, -0.1) is 0 Å². The second-order valence-electron chi connectivity index (χ2n) is 19.8. The summed E-state index contributed by atoms with van der Waals surface area (Å²) in [7, 11) is 0. The molecule has 6 heteroatoms. The lowest BCUT2D eigenvalue weighted by molar-refractivity contribution is -0.167. The molecule has 6 nitrogen and oxygen atoms in total. The largest absolute Gasteiger partial charge is 0.462 e. The van der Waals surface area contributed by atoms with Crippen molar-refractivity contribution in [2.24, 2.45) is 11.8 Å². The number of unbranched alkanes of at least 4 members (excludes halogenated alkanes) is 34. The van der Waals surface area contributed by atoms with E-state index in [2.05, 4.69) is 34.6 Å². The number of carbonyl (C=O) groups is 3. The first-order valence-electron chi connectivity index (χ1n) is 27.2. The molecule has 0 aliphatic heterocycles. The predicted molar refractivity (Wildman–Crippen MR) is 261 cm³/mol. The molecule has 0 unspecified atom stereocenters. The highest BCUT2D eigenvalue weighted by atomic mass is 16.6. The van der Waals surface area contributed by atoms with Gasteiger partial charge in [0.25, 0.3) is 0 Å². The van der Waals surface area contributed by atoms with Crippen LogP contribution in [-0.2, 0) is 28.6 Å². The molecule has 0 aliphatic rings. The van der Waals surface area contributed by atoms with Gasteiger partial charge < -0.3 is 14.2 Å². The molecular formula is C55H106O6. The maximum Gasteiger partial charge on any atom is 0.306 e. The SMILES string of the molecule is CCCCCCCCCCCCCC(=O)OC[C@H](COC(=O)CCCCCCCCCCCCCCCCCC(C)C)OC(=O)CCCCCCCCCCCCCC(C)C. The van der Waals surface area contributed by atoms with Crippen LogP contribution in [0.1, 0.15) is 304 Å². The molecule has 61 heavy (non-hydrogen) atoms. The van der Waals surface area contributed by atoms with Gasteiger partial charge in [-0.05, 0) is 31.1 Å². The number of rotatable bonds is 49. The van der Waals surface area contributed by atoms with Gasteiger partial charge in [-0.3, -0.25) is 14.4 Å². The average molecular weight is 863 g/mol. The molecule has 0 rings (SSSR count). The van der Waals surface area contributed by atoms with Gasteiger partial charge in [0, 0.05) is 19.3 Å². The van der Waals surface area contributed by atoms with Crippen LogP contribution in [0.3, 0.4) is 0 Å². The molecule has 0 spiro atoms. The monoisotopic (exact) mass is 863 g/mol. The molecule has 0 aromatic rings. The first-order chi connectivity index (χ1) is 29.7. The van der Waals surface area contributed by atoms with Crippen LogP contribution in [0.5, 0.6) is 0 Å². The van der Waals surface area contributed by atoms with Gasteiger partial charge in [-0.1, -0.05) is 266 Å². The highest BCUT2D eigenvalue weighted by molar-refractivity contribution is 5.71. The predicted octanol–water partition coefficient (Wildman–Crippen LogP) is 17.7. The minimum atomic E-state index is -0.761. The molecule has 0 aromatic carbocycles. The molecule has 0 radical (unpaired) electrons. The second kappa shape index (κ2) is 47.9. The van der Waals surface area contributed by atoms with Crippen LogP contribution in [0.15, 0.2) is 0 Å². The fourth-order valence-electron chi connectivity index (χ4n) is 8.34. The van der Waals surface area contributed by atoms with E-state index in [0.717, 1.165) is 69.6 Å². The summed E-state index contributed by atoms with van der Waals surface area (Å²) in [6.07, 6.45) is 49.5. The summed E-state index contributed by atoms with van der Waals surface area (Å²) in [6, 6.07) is 0. The van der Waals surface area contributed by atoms with Gasteiger partial charge in [0.05, 0.1) is 0 Å². The summed E-state index contributed by atoms with van der Waals surface area (Å²) in [6.45, 7) is 11.4. The van der Waals surface area contributed by atoms with E-state index in [-0.39, 0.29) is 31.1 Å². The highest BCUT2D eigenvalue weighted by Crippen LogP contribution is 2.18. The van der Waals surface area contributed by atoms with E-state index in [1.54, 1.807) is 0 Å². The fourth-order valence-corrected chi connectivity index (χ4v) is 8.34. The number of hydrogen-bond donors (Lipinski definition) is 0. The van der Waals surface area contributed by atoms with E-state index in [1.165, 1.54) is 193 Å². The van der Waals surface area contributed by atoms with E-state index in [0.29, 0.717) is 19.3 Å². The molecule has 0 N–H and O–H groups in total. The van der Waals surface area contributed by atoms with Gasteiger partial charge in [-0.2, -0.15) is 0 Å². The van der Waals surface area contributed by atoms with Gasteiger partial charge in [0.15, 0.2) is 6.10 Å². The standard InChI is InChI=1S/C55H106O6/c1-6-7-8-9-10-11-18-25-30-35-40-45-53(56)59-48-52(61-55(58)47-42-37-32-27-22-17-20-24-29-34-39-44-51(4)5)49-60-54(57)46-41-36-31-26-21-16-14-12-13-15-19-23-28-33-38-43-50(2)3/h50-52H,6-49H2,1-5H3/t52-/m1/s1. The molecule has 362 valence electrons. The normalized spacial score (nSPS) is 12.0. The lowest BCUT2D eigenvalue weighted by atomic mass is 10.0. The molecule has 0 amide bonds. The zero-order chi connectivity index (χ0) is 44.7. The van der Waals surface area contributed by atoms with Crippen molar-refractivity contribution in [1.82, 2.24) is 0 Å². The van der Waals surface area contributed by atoms with Gasteiger partial charge >= 0.3 is 17.9 Å². The maximum atomic E-state index is 12.8. The third-order valence-corrected chi connectivity index (χ3v) is 12.5. The molecule has 0 heterocycles. The van der Waals surface area contributed by atoms with Crippen LogP contribution >= 0.6 is 0 Å². The molecular weight excluding hydrogens is 757 g/mol. The third-order valence-electron chi connectivity index (χ3n) is 12.5. The topological polar surface area (TPSA) is 78.9 Å². The number of hydrogen-bond acceptors (Lipinski definition) is 6. The van der Waals surface area contributed by atoms with E-state index in [4.69, 9.17) is 14.2 Å². The Morgan fingerprint density at radius 3 is 0.803 bits per heavy atom. The first kappa shape index (κ1) is 59.4. The highest BCUT2D eigenvalue weighted by Gasteiger charge is 2.19. The number of carbonyl (C=O) groups excluding carboxylic acids is 3. The van der Waals surface area contributed by atoms with Crippen molar-refractivity contribution in [2.75, 3.05) is 13.2 Å². The van der Waals surface area contributed by atoms with Crippen molar-refractivity contribution >= 4 is 17.9 Å². The zero-order valence-corrected chi connectivity index (χ0v) is 41.8. The first-order valence-corrected chi connectivity index (χ1v) is 27.2. The lowest BCUT2D eigenvalue weighted by Crippen LogP contribution is -2.30. The van der Waals surface area contributed by atoms with Crippen LogP contribution in [0, 0.1) is 11.8 Å². The minimum Gasteiger partial charge on any atom is -0.462 e. The molecule has 0 aliphatic carbocycles. The fraction of sp³-hybridized carbons (Fsp3) is 0.945. The zero-order valence-electron chi connectivity index (χ0n) is 41.8. The summed E-state index contributed by atoms with van der Waals surface area (Å²) in [5.41, 5.74) is 0. The Morgan fingerprint density at radius 1 is 0.311 bits per heavy atom.